The Kier molecular flexibility index (Phi) is 20.1. The van der Waals surface area contributed by atoms with Crippen LogP contribution >= 0.6 is 0 Å². The highest BCUT2D eigenvalue weighted by molar-refractivity contribution is 4.38. The molecule has 0 spiro atoms. The average molecular weight is 162 g/mol. The van der Waals surface area contributed by atoms with Crippen LogP contribution in [0.5, 0.6) is 0 Å². The van der Waals surface area contributed by atoms with Gasteiger partial charge >= 0.3 is 0 Å². The van der Waals surface area contributed by atoms with Crippen molar-refractivity contribution in [1.29, 1.82) is 0 Å². The van der Waals surface area contributed by atoms with E-state index in [1.54, 1.807) is 0 Å². The molecule has 0 aromatic carbocycles. The molecule has 0 rings (SSSR count). The third kappa shape index (κ3) is 25.8. The highest BCUT2D eigenvalue weighted by atomic mass is 14.9. The second-order valence-corrected chi connectivity index (χ2v) is 2.10. The summed E-state index contributed by atoms with van der Waals surface area (Å²) < 4.78 is 0. The van der Waals surface area contributed by atoms with Gasteiger partial charge in [0.2, 0.25) is 0 Å². The summed E-state index contributed by atoms with van der Waals surface area (Å²) in [5.74, 6) is 0. The number of likely N-dealkylation sites (N-methyl/N-ethyl adjacent to an activating group) is 3. The van der Waals surface area contributed by atoms with Gasteiger partial charge in [-0.2, -0.15) is 0 Å². The molecule has 0 fully saturated rings. The predicted molar refractivity (Wildman–Crippen MR) is 50.8 cm³/mol. The summed E-state index contributed by atoms with van der Waals surface area (Å²) in [4.78, 5) is 0. The first-order valence-electron chi connectivity index (χ1n) is 3.97. The number of hydrogen-bond donors (Lipinski definition) is 4. The molecule has 0 saturated heterocycles. The number of rotatable bonds is 5. The van der Waals surface area contributed by atoms with Crippen molar-refractivity contribution in [3.8, 4) is 0 Å². The Morgan fingerprint density at radius 2 is 1.18 bits per heavy atom. The van der Waals surface area contributed by atoms with Crippen molar-refractivity contribution in [2.24, 2.45) is 5.73 Å². The second kappa shape index (κ2) is 16.4. The van der Waals surface area contributed by atoms with Crippen molar-refractivity contribution in [2.75, 3.05) is 47.3 Å². The summed E-state index contributed by atoms with van der Waals surface area (Å²) in [7, 11) is 5.77. The zero-order valence-corrected chi connectivity index (χ0v) is 7.91. The lowest BCUT2D eigenvalue weighted by atomic mass is 10.6. The fraction of sp³-hybridized carbons (Fsp3) is 1.00. The van der Waals surface area contributed by atoms with Crippen LogP contribution in [-0.4, -0.2) is 47.3 Å². The minimum absolute atomic E-state index is 0.733. The predicted octanol–water partition coefficient (Wildman–Crippen LogP) is -1.41. The van der Waals surface area contributed by atoms with E-state index in [9.17, 15) is 0 Å². The first-order chi connectivity index (χ1) is 5.33. The van der Waals surface area contributed by atoms with E-state index in [0.717, 1.165) is 26.2 Å². The van der Waals surface area contributed by atoms with E-state index in [2.05, 4.69) is 16.0 Å². The Morgan fingerprint density at radius 1 is 0.818 bits per heavy atom. The molecule has 0 radical (unpaired) electrons. The van der Waals surface area contributed by atoms with Crippen molar-refractivity contribution in [1.82, 2.24) is 16.0 Å². The van der Waals surface area contributed by atoms with Crippen molar-refractivity contribution in [3.63, 3.8) is 0 Å². The molecule has 0 unspecified atom stereocenters. The Labute approximate surface area is 69.9 Å². The van der Waals surface area contributed by atoms with E-state index in [1.165, 1.54) is 0 Å². The molecule has 0 amide bonds. The van der Waals surface area contributed by atoms with Crippen LogP contribution < -0.4 is 21.7 Å². The Balaban J connectivity index is 0. The van der Waals surface area contributed by atoms with Gasteiger partial charge in [-0.15, -0.1) is 0 Å². The summed E-state index contributed by atoms with van der Waals surface area (Å²) >= 11 is 0. The zero-order chi connectivity index (χ0) is 8.95. The molecule has 5 N–H and O–H groups in total. The molecule has 70 valence electrons. The Morgan fingerprint density at radius 3 is 1.27 bits per heavy atom. The highest BCUT2D eigenvalue weighted by Gasteiger charge is 1.71. The third-order valence-corrected chi connectivity index (χ3v) is 1.02. The van der Waals surface area contributed by atoms with Crippen molar-refractivity contribution in [3.05, 3.63) is 0 Å². The van der Waals surface area contributed by atoms with Gasteiger partial charge in [0, 0.05) is 26.2 Å². The molecule has 0 saturated carbocycles. The normalized spacial score (nSPS) is 8.73. The fourth-order valence-electron chi connectivity index (χ4n) is 0.394. The molecule has 0 atom stereocenters. The third-order valence-electron chi connectivity index (χ3n) is 1.02. The molecular formula is C7H22N4. The van der Waals surface area contributed by atoms with E-state index in [0.29, 0.717) is 0 Å². The fourth-order valence-corrected chi connectivity index (χ4v) is 0.394. The van der Waals surface area contributed by atoms with Gasteiger partial charge in [0.15, 0.2) is 0 Å². The number of nitrogens with one attached hydrogen (secondary N) is 3. The van der Waals surface area contributed by atoms with Crippen LogP contribution in [-0.2, 0) is 0 Å². The maximum Gasteiger partial charge on any atom is 0.00736 e. The van der Waals surface area contributed by atoms with Gasteiger partial charge < -0.3 is 21.7 Å². The number of hydrogen-bond acceptors (Lipinski definition) is 4. The quantitative estimate of drug-likeness (QED) is 0.375. The minimum Gasteiger partial charge on any atom is -0.329 e. The standard InChI is InChI=1S/C4H12N2.C3H10N2/c1-5-3-4-6-2;1-5-3-2-4/h5-6H,3-4H2,1-2H3;5H,2-4H2,1H3. The molecule has 0 aliphatic rings. The molecule has 0 aliphatic heterocycles. The average Bonchev–Trinajstić information content (AvgIpc) is 2.04. The van der Waals surface area contributed by atoms with Gasteiger partial charge in [-0.1, -0.05) is 0 Å². The van der Waals surface area contributed by atoms with Crippen molar-refractivity contribution >= 4 is 0 Å². The molecule has 11 heavy (non-hydrogen) atoms. The molecule has 4 heteroatoms. The maximum atomic E-state index is 5.08. The maximum absolute atomic E-state index is 5.08. The molecule has 0 heterocycles. The van der Waals surface area contributed by atoms with Crippen LogP contribution in [0.4, 0.5) is 0 Å². The summed E-state index contributed by atoms with van der Waals surface area (Å²) in [6, 6.07) is 0. The van der Waals surface area contributed by atoms with Crippen LogP contribution in [0.3, 0.4) is 0 Å². The smallest absolute Gasteiger partial charge is 0.00736 e. The topological polar surface area (TPSA) is 62.1 Å². The first-order valence-corrected chi connectivity index (χ1v) is 3.97. The van der Waals surface area contributed by atoms with Gasteiger partial charge in [0.25, 0.3) is 0 Å². The molecule has 0 bridgehead atoms. The molecule has 0 aliphatic carbocycles. The summed E-state index contributed by atoms with van der Waals surface area (Å²) in [5, 5.41) is 8.90. The van der Waals surface area contributed by atoms with Gasteiger partial charge in [-0.25, -0.2) is 0 Å². The molecule has 0 aromatic heterocycles. The lowest BCUT2D eigenvalue weighted by Gasteiger charge is -1.92. The van der Waals surface area contributed by atoms with Crippen molar-refractivity contribution < 1.29 is 0 Å². The van der Waals surface area contributed by atoms with Gasteiger partial charge in [0.05, 0.1) is 0 Å². The van der Waals surface area contributed by atoms with Crippen LogP contribution in [0, 0.1) is 0 Å². The highest BCUT2D eigenvalue weighted by Crippen LogP contribution is 1.45. The second-order valence-electron chi connectivity index (χ2n) is 2.10. The SMILES string of the molecule is CNCCN.CNCCNC. The molecular weight excluding hydrogens is 140 g/mol. The molecule has 4 nitrogen and oxygen atoms in total. The first kappa shape index (κ1) is 13.4. The minimum atomic E-state index is 0.733. The zero-order valence-electron chi connectivity index (χ0n) is 7.91. The van der Waals surface area contributed by atoms with Crippen molar-refractivity contribution in [2.45, 2.75) is 0 Å². The van der Waals surface area contributed by atoms with E-state index in [1.807, 2.05) is 21.1 Å². The number of nitrogens with two attached hydrogens (primary N) is 1. The lowest BCUT2D eigenvalue weighted by Crippen LogP contribution is -2.21. The monoisotopic (exact) mass is 162 g/mol. The Bertz CT molecular complexity index is 43.7. The van der Waals surface area contributed by atoms with E-state index in [4.69, 9.17) is 5.73 Å². The van der Waals surface area contributed by atoms with Gasteiger partial charge in [-0.3, -0.25) is 0 Å². The molecule has 0 aromatic rings. The van der Waals surface area contributed by atoms with Crippen LogP contribution in [0.25, 0.3) is 0 Å². The van der Waals surface area contributed by atoms with E-state index in [-0.39, 0.29) is 0 Å². The van der Waals surface area contributed by atoms with Crippen LogP contribution in [0.1, 0.15) is 0 Å². The summed E-state index contributed by atoms with van der Waals surface area (Å²) in [6.07, 6.45) is 0. The van der Waals surface area contributed by atoms with Crippen LogP contribution in [0.2, 0.25) is 0 Å². The summed E-state index contributed by atoms with van der Waals surface area (Å²) in [6.45, 7) is 3.75. The summed E-state index contributed by atoms with van der Waals surface area (Å²) in [5.41, 5.74) is 5.08. The van der Waals surface area contributed by atoms with Crippen LogP contribution in [0.15, 0.2) is 0 Å². The van der Waals surface area contributed by atoms with Gasteiger partial charge in [0.1, 0.15) is 0 Å². The lowest BCUT2D eigenvalue weighted by molar-refractivity contribution is 0.718. The van der Waals surface area contributed by atoms with Gasteiger partial charge in [-0.05, 0) is 21.1 Å². The van der Waals surface area contributed by atoms with E-state index >= 15 is 0 Å². The van der Waals surface area contributed by atoms with E-state index < -0.39 is 0 Å². The largest absolute Gasteiger partial charge is 0.329 e. The Hall–Kier alpha value is -0.160.